The molecule has 1 aliphatic carbocycles. The summed E-state index contributed by atoms with van der Waals surface area (Å²) in [5.41, 5.74) is 1.42. The van der Waals surface area contributed by atoms with Crippen molar-refractivity contribution in [3.63, 3.8) is 0 Å². The number of aliphatic hydroxyl groups is 1. The Hall–Kier alpha value is -0.600. The highest BCUT2D eigenvalue weighted by Gasteiger charge is 2.17. The van der Waals surface area contributed by atoms with Crippen molar-refractivity contribution in [1.29, 1.82) is 0 Å². The lowest BCUT2D eigenvalue weighted by Crippen LogP contribution is -1.99. The normalized spacial score (nSPS) is 22.8. The van der Waals surface area contributed by atoms with Crippen LogP contribution in [0.3, 0.4) is 0 Å². The van der Waals surface area contributed by atoms with Crippen molar-refractivity contribution in [2.24, 2.45) is 5.92 Å². The molecule has 0 saturated carbocycles. The maximum atomic E-state index is 8.95. The Balaban J connectivity index is 2.09. The van der Waals surface area contributed by atoms with Gasteiger partial charge in [0.2, 0.25) is 0 Å². The molecule has 1 N–H and O–H groups in total. The molecular formula is C10H12OS. The fourth-order valence-electron chi connectivity index (χ4n) is 1.59. The molecule has 1 aromatic rings. The Morgan fingerprint density at radius 3 is 3.08 bits per heavy atom. The number of aliphatic hydroxyl groups excluding tert-OH is 1. The first-order valence-electron chi connectivity index (χ1n) is 4.24. The Kier molecular flexibility index (Phi) is 2.28. The van der Waals surface area contributed by atoms with Crippen LogP contribution >= 0.6 is 11.3 Å². The van der Waals surface area contributed by atoms with Crippen molar-refractivity contribution in [3.05, 3.63) is 28.5 Å². The average Bonchev–Trinajstić information content (AvgIpc) is 2.75. The van der Waals surface area contributed by atoms with E-state index in [-0.39, 0.29) is 0 Å². The van der Waals surface area contributed by atoms with Gasteiger partial charge >= 0.3 is 0 Å². The first-order chi connectivity index (χ1) is 5.90. The second-order valence-electron chi connectivity index (χ2n) is 3.20. The van der Waals surface area contributed by atoms with E-state index in [2.05, 4.69) is 23.6 Å². The fourth-order valence-corrected chi connectivity index (χ4v) is 2.37. The van der Waals surface area contributed by atoms with E-state index in [1.54, 1.807) is 11.3 Å². The highest BCUT2D eigenvalue weighted by atomic mass is 32.1. The van der Waals surface area contributed by atoms with Crippen LogP contribution in [0.1, 0.15) is 17.7 Å². The molecule has 1 atom stereocenters. The maximum Gasteiger partial charge on any atom is 0.0465 e. The van der Waals surface area contributed by atoms with Gasteiger partial charge in [-0.2, -0.15) is 0 Å². The van der Waals surface area contributed by atoms with E-state index in [0.29, 0.717) is 12.5 Å². The van der Waals surface area contributed by atoms with Crippen LogP contribution in [0.25, 0.3) is 5.57 Å². The lowest BCUT2D eigenvalue weighted by molar-refractivity contribution is 0.234. The van der Waals surface area contributed by atoms with Gasteiger partial charge in [-0.05, 0) is 35.8 Å². The van der Waals surface area contributed by atoms with Crippen LogP contribution in [-0.2, 0) is 0 Å². The van der Waals surface area contributed by atoms with Crippen LogP contribution < -0.4 is 0 Å². The van der Waals surface area contributed by atoms with Crippen molar-refractivity contribution < 1.29 is 5.11 Å². The monoisotopic (exact) mass is 180 g/mol. The van der Waals surface area contributed by atoms with E-state index in [4.69, 9.17) is 5.11 Å². The predicted molar refractivity (Wildman–Crippen MR) is 52.1 cm³/mol. The third-order valence-electron chi connectivity index (χ3n) is 2.30. The maximum absolute atomic E-state index is 8.95. The second-order valence-corrected chi connectivity index (χ2v) is 4.14. The zero-order valence-electron chi connectivity index (χ0n) is 6.86. The van der Waals surface area contributed by atoms with Gasteiger partial charge in [0.05, 0.1) is 0 Å². The Labute approximate surface area is 76.4 Å². The molecule has 0 radical (unpaired) electrons. The van der Waals surface area contributed by atoms with Gasteiger partial charge in [0.1, 0.15) is 0 Å². The highest BCUT2D eigenvalue weighted by Crippen LogP contribution is 2.33. The number of rotatable bonds is 2. The third kappa shape index (κ3) is 1.45. The Morgan fingerprint density at radius 1 is 1.58 bits per heavy atom. The topological polar surface area (TPSA) is 20.2 Å². The molecule has 0 bridgehead atoms. The summed E-state index contributed by atoms with van der Waals surface area (Å²) >= 11 is 1.78. The lowest BCUT2D eigenvalue weighted by Gasteiger charge is -2.03. The molecule has 1 aromatic heterocycles. The summed E-state index contributed by atoms with van der Waals surface area (Å²) in [6.07, 6.45) is 4.35. The van der Waals surface area contributed by atoms with Crippen LogP contribution in [0, 0.1) is 5.92 Å². The molecule has 0 aromatic carbocycles. The SMILES string of the molecule is OCC1CC=C(c2cccs2)C1. The summed E-state index contributed by atoms with van der Waals surface area (Å²) in [5.74, 6) is 0.474. The quantitative estimate of drug-likeness (QED) is 0.741. The predicted octanol–water partition coefficient (Wildman–Crippen LogP) is 2.53. The van der Waals surface area contributed by atoms with E-state index in [1.165, 1.54) is 10.5 Å². The van der Waals surface area contributed by atoms with E-state index in [9.17, 15) is 0 Å². The molecule has 12 heavy (non-hydrogen) atoms. The smallest absolute Gasteiger partial charge is 0.0465 e. The van der Waals surface area contributed by atoms with Gasteiger partial charge in [-0.25, -0.2) is 0 Å². The van der Waals surface area contributed by atoms with Gasteiger partial charge in [0.15, 0.2) is 0 Å². The summed E-state index contributed by atoms with van der Waals surface area (Å²) in [5, 5.41) is 11.1. The van der Waals surface area contributed by atoms with Crippen molar-refractivity contribution in [1.82, 2.24) is 0 Å². The minimum absolute atomic E-state index is 0.325. The largest absolute Gasteiger partial charge is 0.396 e. The number of hydrogen-bond donors (Lipinski definition) is 1. The van der Waals surface area contributed by atoms with Crippen LogP contribution in [0.5, 0.6) is 0 Å². The molecule has 1 nitrogen and oxygen atoms in total. The Morgan fingerprint density at radius 2 is 2.50 bits per heavy atom. The summed E-state index contributed by atoms with van der Waals surface area (Å²) in [7, 11) is 0. The molecule has 0 spiro atoms. The lowest BCUT2D eigenvalue weighted by atomic mass is 10.1. The van der Waals surface area contributed by atoms with Gasteiger partial charge in [-0.1, -0.05) is 12.1 Å². The Bertz CT molecular complexity index is 274. The molecule has 0 aliphatic heterocycles. The molecule has 0 saturated heterocycles. The highest BCUT2D eigenvalue weighted by molar-refractivity contribution is 7.11. The molecular weight excluding hydrogens is 168 g/mol. The van der Waals surface area contributed by atoms with E-state index >= 15 is 0 Å². The van der Waals surface area contributed by atoms with E-state index in [1.807, 2.05) is 0 Å². The van der Waals surface area contributed by atoms with E-state index < -0.39 is 0 Å². The van der Waals surface area contributed by atoms with Gasteiger partial charge in [-0.15, -0.1) is 11.3 Å². The number of allylic oxidation sites excluding steroid dienone is 2. The summed E-state index contributed by atoms with van der Waals surface area (Å²) in [4.78, 5) is 1.37. The average molecular weight is 180 g/mol. The van der Waals surface area contributed by atoms with Crippen LogP contribution in [0.2, 0.25) is 0 Å². The molecule has 64 valence electrons. The molecule has 2 rings (SSSR count). The molecule has 1 heterocycles. The molecule has 1 unspecified atom stereocenters. The first-order valence-corrected chi connectivity index (χ1v) is 5.12. The number of hydrogen-bond acceptors (Lipinski definition) is 2. The molecule has 1 aliphatic rings. The summed E-state index contributed by atoms with van der Waals surface area (Å²) in [6.45, 7) is 0.325. The third-order valence-corrected chi connectivity index (χ3v) is 3.25. The van der Waals surface area contributed by atoms with Crippen molar-refractivity contribution in [2.75, 3.05) is 6.61 Å². The number of thiophene rings is 1. The van der Waals surface area contributed by atoms with Crippen LogP contribution in [0.15, 0.2) is 23.6 Å². The standard InChI is InChI=1S/C10H12OS/c11-7-8-3-4-9(6-8)10-2-1-5-12-10/h1-2,4-5,8,11H,3,6-7H2. The van der Waals surface area contributed by atoms with Gasteiger partial charge < -0.3 is 5.11 Å². The zero-order valence-corrected chi connectivity index (χ0v) is 7.68. The minimum atomic E-state index is 0.325. The van der Waals surface area contributed by atoms with Crippen LogP contribution in [-0.4, -0.2) is 11.7 Å². The van der Waals surface area contributed by atoms with Crippen LogP contribution in [0.4, 0.5) is 0 Å². The van der Waals surface area contributed by atoms with Crippen molar-refractivity contribution in [3.8, 4) is 0 Å². The second kappa shape index (κ2) is 3.42. The fraction of sp³-hybridized carbons (Fsp3) is 0.400. The van der Waals surface area contributed by atoms with Gasteiger partial charge in [0, 0.05) is 11.5 Å². The zero-order chi connectivity index (χ0) is 8.39. The van der Waals surface area contributed by atoms with Crippen molar-refractivity contribution >= 4 is 16.9 Å². The summed E-state index contributed by atoms with van der Waals surface area (Å²) in [6, 6.07) is 4.23. The molecule has 2 heteroatoms. The van der Waals surface area contributed by atoms with Gasteiger partial charge in [-0.3, -0.25) is 0 Å². The summed E-state index contributed by atoms with van der Waals surface area (Å²) < 4.78 is 0. The molecule has 0 fully saturated rings. The van der Waals surface area contributed by atoms with Crippen molar-refractivity contribution in [2.45, 2.75) is 12.8 Å². The minimum Gasteiger partial charge on any atom is -0.396 e. The first kappa shape index (κ1) is 8.02. The van der Waals surface area contributed by atoms with Gasteiger partial charge in [0.25, 0.3) is 0 Å². The van der Waals surface area contributed by atoms with E-state index in [0.717, 1.165) is 12.8 Å². The molecule has 0 amide bonds.